The molecule has 5 aliphatic rings. The fourth-order valence-corrected chi connectivity index (χ4v) is 9.52. The van der Waals surface area contributed by atoms with Gasteiger partial charge in [0.25, 0.3) is 11.5 Å². The number of likely N-dealkylation sites (tertiary alicyclic amines) is 1. The summed E-state index contributed by atoms with van der Waals surface area (Å²) in [6.07, 6.45) is 6.29. The second-order valence-corrected chi connectivity index (χ2v) is 16.4. The van der Waals surface area contributed by atoms with Crippen LogP contribution >= 0.6 is 11.8 Å². The predicted octanol–water partition coefficient (Wildman–Crippen LogP) is 4.10. The van der Waals surface area contributed by atoms with Gasteiger partial charge in [0.15, 0.2) is 0 Å². The lowest BCUT2D eigenvalue weighted by atomic mass is 9.98. The number of thioether (sulfide) groups is 1. The van der Waals surface area contributed by atoms with Crippen LogP contribution in [-0.4, -0.2) is 127 Å². The van der Waals surface area contributed by atoms with Gasteiger partial charge in [-0.05, 0) is 87.8 Å². The van der Waals surface area contributed by atoms with Gasteiger partial charge in [0, 0.05) is 100 Å². The van der Waals surface area contributed by atoms with Crippen molar-refractivity contribution in [3.8, 4) is 5.75 Å². The fourth-order valence-electron chi connectivity index (χ4n) is 8.46. The van der Waals surface area contributed by atoms with Crippen LogP contribution in [0.25, 0.3) is 10.9 Å². The van der Waals surface area contributed by atoms with Gasteiger partial charge in [-0.25, -0.2) is 9.37 Å². The number of benzene rings is 2. The van der Waals surface area contributed by atoms with Gasteiger partial charge in [0.05, 0.1) is 17.9 Å². The highest BCUT2D eigenvalue weighted by Crippen LogP contribution is 2.31. The Balaban J connectivity index is 0.760. The number of piperidine rings is 2. The number of H-pyrrole nitrogens is 1. The van der Waals surface area contributed by atoms with E-state index in [4.69, 9.17) is 9.47 Å². The molecule has 0 aliphatic carbocycles. The summed E-state index contributed by atoms with van der Waals surface area (Å²) in [6, 6.07) is 9.78. The minimum absolute atomic E-state index is 0.0120. The maximum Gasteiger partial charge on any atom is 0.261 e. The number of carbonyl (C=O) groups is 1. The maximum absolute atomic E-state index is 15.0. The minimum Gasteiger partial charge on any atom is -0.493 e. The predicted molar refractivity (Wildman–Crippen MR) is 203 cm³/mol. The van der Waals surface area contributed by atoms with Crippen molar-refractivity contribution < 1.29 is 18.7 Å². The Labute approximate surface area is 309 Å². The van der Waals surface area contributed by atoms with E-state index in [1.54, 1.807) is 17.8 Å². The summed E-state index contributed by atoms with van der Waals surface area (Å²) in [5, 5.41) is 3.92. The van der Waals surface area contributed by atoms with Crippen molar-refractivity contribution in [2.45, 2.75) is 62.1 Å². The summed E-state index contributed by atoms with van der Waals surface area (Å²) in [6.45, 7) is 13.0. The van der Waals surface area contributed by atoms with Crippen LogP contribution in [0.2, 0.25) is 0 Å². The number of nitrogens with zero attached hydrogens (tertiary/aromatic N) is 5. The summed E-state index contributed by atoms with van der Waals surface area (Å²) in [5.41, 5.74) is 3.20. The van der Waals surface area contributed by atoms with Crippen LogP contribution in [0.3, 0.4) is 0 Å². The van der Waals surface area contributed by atoms with E-state index in [0.717, 1.165) is 129 Å². The number of rotatable bonds is 11. The lowest BCUT2D eigenvalue weighted by Crippen LogP contribution is -2.49. The molecule has 0 radical (unpaired) electrons. The van der Waals surface area contributed by atoms with Crippen LogP contribution in [0.15, 0.2) is 35.1 Å². The molecule has 1 unspecified atom stereocenters. The molecule has 1 amide bonds. The van der Waals surface area contributed by atoms with Gasteiger partial charge in [-0.1, -0.05) is 0 Å². The Bertz CT molecular complexity index is 1770. The van der Waals surface area contributed by atoms with Crippen LogP contribution < -0.4 is 20.5 Å². The molecule has 0 spiro atoms. The lowest BCUT2D eigenvalue weighted by molar-refractivity contribution is 0.0674. The number of halogens is 1. The molecule has 52 heavy (non-hydrogen) atoms. The third kappa shape index (κ3) is 8.28. The number of carbonyl (C=O) groups excluding carboxylic acids is 1. The lowest BCUT2D eigenvalue weighted by Gasteiger charge is -2.38. The average molecular weight is 734 g/mol. The van der Waals surface area contributed by atoms with E-state index in [-0.39, 0.29) is 11.3 Å². The summed E-state index contributed by atoms with van der Waals surface area (Å²) in [4.78, 5) is 42.9. The van der Waals surface area contributed by atoms with Gasteiger partial charge in [-0.15, -0.1) is 0 Å². The second kappa shape index (κ2) is 16.4. The molecular formula is C39H52FN7O4S. The molecule has 6 heterocycles. The normalized spacial score (nSPS) is 22.7. The zero-order chi connectivity index (χ0) is 35.4. The maximum atomic E-state index is 15.0. The van der Waals surface area contributed by atoms with Gasteiger partial charge in [0.1, 0.15) is 22.8 Å². The number of anilines is 1. The molecule has 280 valence electrons. The summed E-state index contributed by atoms with van der Waals surface area (Å²) < 4.78 is 26.6. The van der Waals surface area contributed by atoms with Crippen LogP contribution in [0.1, 0.15) is 60.3 Å². The number of aromatic amines is 1. The van der Waals surface area contributed by atoms with Crippen molar-refractivity contribution in [3.05, 3.63) is 63.5 Å². The Hall–Kier alpha value is -3.23. The SMILES string of the molecule is O=C1c2ccc(N3CCN(CCN4CCC(COc5cc(F)c6c(=O)[nH]c(CSC7CCOCC7)nc6c5)CC4)CC3)cc2CN1C1CCCNC1. The third-order valence-electron chi connectivity index (χ3n) is 11.7. The minimum atomic E-state index is -0.594. The largest absolute Gasteiger partial charge is 0.493 e. The van der Waals surface area contributed by atoms with Crippen LogP contribution in [0.4, 0.5) is 10.1 Å². The van der Waals surface area contributed by atoms with E-state index in [9.17, 15) is 9.59 Å². The molecule has 4 saturated heterocycles. The zero-order valence-electron chi connectivity index (χ0n) is 30.1. The van der Waals surface area contributed by atoms with Crippen molar-refractivity contribution in [1.29, 1.82) is 0 Å². The number of nitrogens with one attached hydrogen (secondary N) is 2. The Kier molecular flexibility index (Phi) is 11.3. The quantitative estimate of drug-likeness (QED) is 0.300. The van der Waals surface area contributed by atoms with E-state index < -0.39 is 11.4 Å². The molecule has 4 fully saturated rings. The molecule has 8 rings (SSSR count). The number of ether oxygens (including phenoxy) is 2. The van der Waals surface area contributed by atoms with Gasteiger partial charge in [0.2, 0.25) is 0 Å². The van der Waals surface area contributed by atoms with Gasteiger partial charge in [-0.2, -0.15) is 11.8 Å². The summed E-state index contributed by atoms with van der Waals surface area (Å²) in [7, 11) is 0. The van der Waals surface area contributed by atoms with Gasteiger partial charge >= 0.3 is 0 Å². The highest BCUT2D eigenvalue weighted by atomic mass is 32.2. The van der Waals surface area contributed by atoms with Crippen molar-refractivity contribution in [2.24, 2.45) is 5.92 Å². The van der Waals surface area contributed by atoms with E-state index in [2.05, 4.69) is 53.1 Å². The second-order valence-electron chi connectivity index (χ2n) is 15.1. The monoisotopic (exact) mass is 733 g/mol. The molecule has 5 aliphatic heterocycles. The third-order valence-corrected chi connectivity index (χ3v) is 13.1. The first-order valence-electron chi connectivity index (χ1n) is 19.4. The smallest absolute Gasteiger partial charge is 0.261 e. The van der Waals surface area contributed by atoms with Crippen LogP contribution in [0, 0.1) is 11.7 Å². The topological polar surface area (TPSA) is 106 Å². The number of piperazine rings is 1. The number of hydrogen-bond donors (Lipinski definition) is 2. The molecule has 13 heteroatoms. The van der Waals surface area contributed by atoms with Crippen molar-refractivity contribution in [3.63, 3.8) is 0 Å². The summed E-state index contributed by atoms with van der Waals surface area (Å²) in [5.74, 6) is 1.58. The molecule has 3 aromatic rings. The molecule has 2 aromatic carbocycles. The van der Waals surface area contributed by atoms with Crippen molar-refractivity contribution >= 4 is 34.3 Å². The standard InChI is InChI=1S/C39H52FN7O4S/c40-34-21-31(22-35-37(34)38(48)43-36(42-35)26-52-32-7-18-50-19-8-32)51-25-27-5-10-44(11-6-27)12-13-45-14-16-46(17-15-45)29-3-4-33-28(20-29)24-47(39(33)49)30-2-1-9-41-23-30/h3-4,20-22,27,30,32,41H,1-2,5-19,23-26H2,(H,42,43,48). The highest BCUT2D eigenvalue weighted by Gasteiger charge is 2.34. The highest BCUT2D eigenvalue weighted by molar-refractivity contribution is 7.99. The number of amides is 1. The number of hydrogen-bond acceptors (Lipinski definition) is 10. The first kappa shape index (κ1) is 35.8. The number of aromatic nitrogens is 2. The van der Waals surface area contributed by atoms with Crippen molar-refractivity contribution in [1.82, 2.24) is 30.0 Å². The Morgan fingerprint density at radius 2 is 1.73 bits per heavy atom. The Morgan fingerprint density at radius 3 is 2.50 bits per heavy atom. The van der Waals surface area contributed by atoms with E-state index in [1.807, 2.05) is 0 Å². The molecule has 0 bridgehead atoms. The Morgan fingerprint density at radius 1 is 0.942 bits per heavy atom. The molecule has 2 N–H and O–H groups in total. The average Bonchev–Trinajstić information content (AvgIpc) is 3.51. The van der Waals surface area contributed by atoms with Crippen LogP contribution in [0.5, 0.6) is 5.75 Å². The number of fused-ring (bicyclic) bond motifs is 2. The zero-order valence-corrected chi connectivity index (χ0v) is 30.9. The molecular weight excluding hydrogens is 682 g/mol. The van der Waals surface area contributed by atoms with E-state index >= 15 is 4.39 Å². The molecule has 0 saturated carbocycles. The van der Waals surface area contributed by atoms with Crippen LogP contribution in [-0.2, 0) is 17.0 Å². The first-order chi connectivity index (χ1) is 25.5. The first-order valence-corrected chi connectivity index (χ1v) is 20.4. The molecule has 11 nitrogen and oxygen atoms in total. The fraction of sp³-hybridized carbons (Fsp3) is 0.615. The van der Waals surface area contributed by atoms with Gasteiger partial charge < -0.3 is 34.5 Å². The molecule has 1 atom stereocenters. The van der Waals surface area contributed by atoms with Crippen molar-refractivity contribution in [2.75, 3.05) is 90.2 Å². The summed E-state index contributed by atoms with van der Waals surface area (Å²) >= 11 is 1.77. The van der Waals surface area contributed by atoms with Gasteiger partial charge in [-0.3, -0.25) is 14.5 Å². The molecule has 1 aromatic heterocycles. The van der Waals surface area contributed by atoms with E-state index in [0.29, 0.717) is 46.7 Å². The van der Waals surface area contributed by atoms with E-state index in [1.165, 1.54) is 17.3 Å².